The number of nitrogens with one attached hydrogen (secondary N) is 1. The van der Waals surface area contributed by atoms with Crippen LogP contribution in [0.1, 0.15) is 11.3 Å². The second-order valence-electron chi connectivity index (χ2n) is 3.99. The highest BCUT2D eigenvalue weighted by Crippen LogP contribution is 2.07. The van der Waals surface area contributed by atoms with Crippen molar-refractivity contribution in [2.75, 3.05) is 33.3 Å². The van der Waals surface area contributed by atoms with Crippen LogP contribution in [0.25, 0.3) is 0 Å². The Morgan fingerprint density at radius 3 is 3.06 bits per heavy atom. The Kier molecular flexibility index (Phi) is 6.84. The highest BCUT2D eigenvalue weighted by molar-refractivity contribution is 7.09. The topological polar surface area (TPSA) is 52.6 Å². The second-order valence-corrected chi connectivity index (χ2v) is 5.03. The van der Waals surface area contributed by atoms with Crippen molar-refractivity contribution in [2.24, 2.45) is 0 Å². The molecule has 0 fully saturated rings. The number of rotatable bonds is 8. The van der Waals surface area contributed by atoms with Crippen molar-refractivity contribution in [3.8, 4) is 0 Å². The van der Waals surface area contributed by atoms with Gasteiger partial charge < -0.3 is 10.4 Å². The summed E-state index contributed by atoms with van der Waals surface area (Å²) in [6, 6.07) is 4.09. The fourth-order valence-corrected chi connectivity index (χ4v) is 2.21. The zero-order valence-corrected chi connectivity index (χ0v) is 11.0. The molecule has 0 aliphatic carbocycles. The van der Waals surface area contributed by atoms with Crippen molar-refractivity contribution >= 4 is 17.2 Å². The van der Waals surface area contributed by atoms with E-state index in [-0.39, 0.29) is 12.5 Å². The largest absolute Gasteiger partial charge is 0.396 e. The number of amides is 1. The molecule has 17 heavy (non-hydrogen) atoms. The van der Waals surface area contributed by atoms with Gasteiger partial charge in [0, 0.05) is 24.6 Å². The molecule has 0 unspecified atom stereocenters. The number of carbonyl (C=O) groups excluding carboxylic acids is 1. The Balaban J connectivity index is 2.08. The van der Waals surface area contributed by atoms with E-state index in [4.69, 9.17) is 5.11 Å². The molecule has 1 rings (SSSR count). The maximum absolute atomic E-state index is 11.5. The summed E-state index contributed by atoms with van der Waals surface area (Å²) in [6.45, 7) is 2.00. The van der Waals surface area contributed by atoms with Gasteiger partial charge in [0.1, 0.15) is 0 Å². The van der Waals surface area contributed by atoms with Gasteiger partial charge in [-0.3, -0.25) is 9.69 Å². The molecule has 0 aliphatic rings. The molecule has 96 valence electrons. The first-order valence-electron chi connectivity index (χ1n) is 5.81. The smallest absolute Gasteiger partial charge is 0.234 e. The fourth-order valence-electron chi connectivity index (χ4n) is 1.50. The second kappa shape index (κ2) is 8.22. The van der Waals surface area contributed by atoms with Crippen molar-refractivity contribution in [3.05, 3.63) is 22.4 Å². The van der Waals surface area contributed by atoms with Crippen molar-refractivity contribution in [1.29, 1.82) is 0 Å². The number of carbonyl (C=O) groups is 1. The number of hydrogen-bond acceptors (Lipinski definition) is 4. The van der Waals surface area contributed by atoms with Crippen LogP contribution >= 0.6 is 11.3 Å². The summed E-state index contributed by atoms with van der Waals surface area (Å²) in [5.74, 6) is 0.0435. The standard InChI is InChI=1S/C12H20N2O2S/c1-14(7-3-8-15)10-12(16)13-6-5-11-4-2-9-17-11/h2,4,9,15H,3,5-8,10H2,1H3,(H,13,16). The average molecular weight is 256 g/mol. The molecule has 0 saturated heterocycles. The van der Waals surface area contributed by atoms with E-state index in [1.165, 1.54) is 4.88 Å². The minimum absolute atomic E-state index is 0.0435. The van der Waals surface area contributed by atoms with Gasteiger partial charge in [-0.1, -0.05) is 6.07 Å². The van der Waals surface area contributed by atoms with E-state index in [2.05, 4.69) is 11.4 Å². The summed E-state index contributed by atoms with van der Waals surface area (Å²) >= 11 is 1.71. The lowest BCUT2D eigenvalue weighted by Crippen LogP contribution is -2.36. The van der Waals surface area contributed by atoms with E-state index in [0.717, 1.165) is 13.0 Å². The average Bonchev–Trinajstić information content (AvgIpc) is 2.79. The normalized spacial score (nSPS) is 10.8. The van der Waals surface area contributed by atoms with Crippen molar-refractivity contribution in [1.82, 2.24) is 10.2 Å². The van der Waals surface area contributed by atoms with Gasteiger partial charge in [-0.05, 0) is 31.3 Å². The summed E-state index contributed by atoms with van der Waals surface area (Å²) in [6.07, 6.45) is 1.60. The lowest BCUT2D eigenvalue weighted by atomic mass is 10.3. The van der Waals surface area contributed by atoms with Crippen LogP contribution in [0, 0.1) is 0 Å². The molecule has 1 amide bonds. The Hall–Kier alpha value is -0.910. The maximum atomic E-state index is 11.5. The van der Waals surface area contributed by atoms with Crippen LogP contribution in [0.4, 0.5) is 0 Å². The number of aliphatic hydroxyl groups excluding tert-OH is 1. The SMILES string of the molecule is CN(CCCO)CC(=O)NCCc1cccs1. The molecule has 0 spiro atoms. The van der Waals surface area contributed by atoms with E-state index in [1.807, 2.05) is 23.4 Å². The third-order valence-electron chi connectivity index (χ3n) is 2.39. The molecule has 0 aliphatic heterocycles. The Morgan fingerprint density at radius 1 is 1.59 bits per heavy atom. The fraction of sp³-hybridized carbons (Fsp3) is 0.583. The Bertz CT molecular complexity index is 314. The van der Waals surface area contributed by atoms with E-state index in [1.54, 1.807) is 11.3 Å². The number of likely N-dealkylation sites (N-methyl/N-ethyl adjacent to an activating group) is 1. The lowest BCUT2D eigenvalue weighted by molar-refractivity contribution is -0.121. The Labute approximate surface area is 106 Å². The molecule has 5 heteroatoms. The molecule has 0 aromatic carbocycles. The monoisotopic (exact) mass is 256 g/mol. The van der Waals surface area contributed by atoms with Crippen LogP contribution in [-0.2, 0) is 11.2 Å². The molecule has 1 heterocycles. The molecule has 0 atom stereocenters. The molecule has 4 nitrogen and oxygen atoms in total. The van der Waals surface area contributed by atoms with Crippen LogP contribution < -0.4 is 5.32 Å². The van der Waals surface area contributed by atoms with E-state index < -0.39 is 0 Å². The predicted molar refractivity (Wildman–Crippen MR) is 70.2 cm³/mol. The molecule has 0 bridgehead atoms. The van der Waals surface area contributed by atoms with Gasteiger partial charge in [0.05, 0.1) is 6.54 Å². The van der Waals surface area contributed by atoms with Gasteiger partial charge in [-0.2, -0.15) is 0 Å². The highest BCUT2D eigenvalue weighted by atomic mass is 32.1. The van der Waals surface area contributed by atoms with Crippen LogP contribution in [0.15, 0.2) is 17.5 Å². The van der Waals surface area contributed by atoms with Gasteiger partial charge in [-0.15, -0.1) is 11.3 Å². The molecule has 0 radical (unpaired) electrons. The van der Waals surface area contributed by atoms with E-state index in [9.17, 15) is 4.79 Å². The van der Waals surface area contributed by atoms with Crippen LogP contribution in [-0.4, -0.2) is 49.2 Å². The third kappa shape index (κ3) is 6.41. The van der Waals surface area contributed by atoms with Gasteiger partial charge >= 0.3 is 0 Å². The quantitative estimate of drug-likeness (QED) is 0.720. The summed E-state index contributed by atoms with van der Waals surface area (Å²) in [5.41, 5.74) is 0. The van der Waals surface area contributed by atoms with Gasteiger partial charge in [0.2, 0.25) is 5.91 Å². The minimum Gasteiger partial charge on any atom is -0.396 e. The molecular formula is C12H20N2O2S. The van der Waals surface area contributed by atoms with E-state index in [0.29, 0.717) is 19.5 Å². The van der Waals surface area contributed by atoms with Crippen molar-refractivity contribution in [3.63, 3.8) is 0 Å². The zero-order chi connectivity index (χ0) is 12.5. The predicted octanol–water partition coefficient (Wildman–Crippen LogP) is 0.721. The van der Waals surface area contributed by atoms with Gasteiger partial charge in [-0.25, -0.2) is 0 Å². The lowest BCUT2D eigenvalue weighted by Gasteiger charge is -2.15. The number of thiophene rings is 1. The molecule has 1 aromatic rings. The molecule has 2 N–H and O–H groups in total. The summed E-state index contributed by atoms with van der Waals surface area (Å²) in [4.78, 5) is 14.7. The van der Waals surface area contributed by atoms with E-state index >= 15 is 0 Å². The summed E-state index contributed by atoms with van der Waals surface area (Å²) in [7, 11) is 1.88. The van der Waals surface area contributed by atoms with Gasteiger partial charge in [0.15, 0.2) is 0 Å². The highest BCUT2D eigenvalue weighted by Gasteiger charge is 2.05. The number of aliphatic hydroxyl groups is 1. The summed E-state index contributed by atoms with van der Waals surface area (Å²) < 4.78 is 0. The van der Waals surface area contributed by atoms with Crippen molar-refractivity contribution in [2.45, 2.75) is 12.8 Å². The molecule has 0 saturated carbocycles. The number of hydrogen-bond donors (Lipinski definition) is 2. The Morgan fingerprint density at radius 2 is 2.41 bits per heavy atom. The first-order valence-corrected chi connectivity index (χ1v) is 6.69. The third-order valence-corrected chi connectivity index (χ3v) is 3.32. The zero-order valence-electron chi connectivity index (χ0n) is 10.2. The number of nitrogens with zero attached hydrogens (tertiary/aromatic N) is 1. The first-order chi connectivity index (χ1) is 8.22. The first kappa shape index (κ1) is 14.2. The van der Waals surface area contributed by atoms with Gasteiger partial charge in [0.25, 0.3) is 0 Å². The molecular weight excluding hydrogens is 236 g/mol. The minimum atomic E-state index is 0.0435. The van der Waals surface area contributed by atoms with Crippen LogP contribution in [0.2, 0.25) is 0 Å². The molecule has 1 aromatic heterocycles. The maximum Gasteiger partial charge on any atom is 0.234 e. The van der Waals surface area contributed by atoms with Crippen LogP contribution in [0.3, 0.4) is 0 Å². The van der Waals surface area contributed by atoms with Crippen molar-refractivity contribution < 1.29 is 9.90 Å². The van der Waals surface area contributed by atoms with Crippen LogP contribution in [0.5, 0.6) is 0 Å². The summed E-state index contributed by atoms with van der Waals surface area (Å²) in [5, 5.41) is 13.6.